The Bertz CT molecular complexity index is 1260. The summed E-state index contributed by atoms with van der Waals surface area (Å²) < 4.78 is 27.9. The fraction of sp³-hybridized carbons (Fsp3) is 0.167. The van der Waals surface area contributed by atoms with Gasteiger partial charge in [-0.15, -0.1) is 0 Å². The van der Waals surface area contributed by atoms with E-state index in [2.05, 4.69) is 10.5 Å². The summed E-state index contributed by atoms with van der Waals surface area (Å²) in [5, 5.41) is 4.44. The summed E-state index contributed by atoms with van der Waals surface area (Å²) in [6, 6.07) is 18.9. The first kappa shape index (κ1) is 23.5. The van der Waals surface area contributed by atoms with Gasteiger partial charge in [-0.25, -0.2) is 13.8 Å². The molecule has 0 radical (unpaired) electrons. The standard InChI is InChI=1S/C24H24ClN3O3S/c1-17-7-10-22(11-8-17)32(30,31)28(23-12-9-21(25)14-19(23)3)16-24(29)27-26-15-20-6-4-5-18(2)13-20/h4-15H,16H2,1-3H3,(H,27,29)/b26-15-. The molecule has 166 valence electrons. The first-order valence-electron chi connectivity index (χ1n) is 9.91. The van der Waals surface area contributed by atoms with Gasteiger partial charge in [0.1, 0.15) is 6.54 Å². The number of carbonyl (C=O) groups excluding carboxylic acids is 1. The van der Waals surface area contributed by atoms with Gasteiger partial charge < -0.3 is 0 Å². The summed E-state index contributed by atoms with van der Waals surface area (Å²) in [6.45, 7) is 5.13. The second kappa shape index (κ2) is 9.97. The minimum atomic E-state index is -4.01. The van der Waals surface area contributed by atoms with Crippen molar-refractivity contribution in [3.8, 4) is 0 Å². The summed E-state index contributed by atoms with van der Waals surface area (Å²) >= 11 is 6.05. The van der Waals surface area contributed by atoms with Crippen LogP contribution in [0.5, 0.6) is 0 Å². The predicted octanol–water partition coefficient (Wildman–Crippen LogP) is 4.61. The highest BCUT2D eigenvalue weighted by Gasteiger charge is 2.28. The molecule has 1 amide bonds. The third-order valence-corrected chi connectivity index (χ3v) is 6.78. The van der Waals surface area contributed by atoms with Crippen LogP contribution in [0, 0.1) is 20.8 Å². The number of aryl methyl sites for hydroxylation is 3. The summed E-state index contributed by atoms with van der Waals surface area (Å²) in [5.41, 5.74) is 6.23. The van der Waals surface area contributed by atoms with E-state index >= 15 is 0 Å². The van der Waals surface area contributed by atoms with Crippen LogP contribution in [0.3, 0.4) is 0 Å². The molecule has 0 aliphatic carbocycles. The first-order valence-corrected chi connectivity index (χ1v) is 11.7. The van der Waals surface area contributed by atoms with Gasteiger partial charge in [0, 0.05) is 5.02 Å². The predicted molar refractivity (Wildman–Crippen MR) is 129 cm³/mol. The largest absolute Gasteiger partial charge is 0.271 e. The molecule has 0 saturated carbocycles. The van der Waals surface area contributed by atoms with Gasteiger partial charge in [-0.05, 0) is 62.2 Å². The van der Waals surface area contributed by atoms with Gasteiger partial charge in [0.25, 0.3) is 15.9 Å². The Labute approximate surface area is 193 Å². The third-order valence-electron chi connectivity index (χ3n) is 4.77. The van der Waals surface area contributed by atoms with E-state index in [4.69, 9.17) is 11.6 Å². The van der Waals surface area contributed by atoms with Crippen molar-refractivity contribution in [2.45, 2.75) is 25.7 Å². The Morgan fingerprint density at radius 1 is 1.00 bits per heavy atom. The Hall–Kier alpha value is -3.16. The Morgan fingerprint density at radius 3 is 2.38 bits per heavy atom. The van der Waals surface area contributed by atoms with E-state index in [0.717, 1.165) is 21.0 Å². The highest BCUT2D eigenvalue weighted by Crippen LogP contribution is 2.29. The minimum absolute atomic E-state index is 0.0912. The van der Waals surface area contributed by atoms with Crippen molar-refractivity contribution in [1.82, 2.24) is 5.43 Å². The minimum Gasteiger partial charge on any atom is -0.271 e. The zero-order valence-corrected chi connectivity index (χ0v) is 19.6. The van der Waals surface area contributed by atoms with Crippen molar-refractivity contribution in [3.05, 3.63) is 94.0 Å². The van der Waals surface area contributed by atoms with Crippen LogP contribution in [0.2, 0.25) is 5.02 Å². The van der Waals surface area contributed by atoms with E-state index in [1.165, 1.54) is 18.3 Å². The van der Waals surface area contributed by atoms with E-state index in [0.29, 0.717) is 16.3 Å². The molecule has 1 N–H and O–H groups in total. The summed E-state index contributed by atoms with van der Waals surface area (Å²) in [6.07, 6.45) is 1.51. The first-order chi connectivity index (χ1) is 15.2. The molecule has 0 spiro atoms. The third kappa shape index (κ3) is 5.75. The molecule has 32 heavy (non-hydrogen) atoms. The zero-order valence-electron chi connectivity index (χ0n) is 18.0. The average molecular weight is 470 g/mol. The maximum Gasteiger partial charge on any atom is 0.264 e. The molecular formula is C24H24ClN3O3S. The van der Waals surface area contributed by atoms with Crippen molar-refractivity contribution >= 4 is 39.4 Å². The van der Waals surface area contributed by atoms with Gasteiger partial charge in [0.15, 0.2) is 0 Å². The summed E-state index contributed by atoms with van der Waals surface area (Å²) in [4.78, 5) is 12.7. The Morgan fingerprint density at radius 2 is 1.72 bits per heavy atom. The number of hydrogen-bond donors (Lipinski definition) is 1. The van der Waals surface area contributed by atoms with E-state index in [1.54, 1.807) is 37.3 Å². The number of amides is 1. The topological polar surface area (TPSA) is 78.8 Å². The van der Waals surface area contributed by atoms with Gasteiger partial charge in [0.2, 0.25) is 0 Å². The van der Waals surface area contributed by atoms with Gasteiger partial charge in [-0.3, -0.25) is 9.10 Å². The molecule has 0 unspecified atom stereocenters. The van der Waals surface area contributed by atoms with E-state index in [1.807, 2.05) is 38.1 Å². The van der Waals surface area contributed by atoms with E-state index in [9.17, 15) is 13.2 Å². The lowest BCUT2D eigenvalue weighted by Gasteiger charge is -2.25. The molecule has 0 aliphatic heterocycles. The number of benzene rings is 3. The van der Waals surface area contributed by atoms with Crippen LogP contribution in [-0.2, 0) is 14.8 Å². The van der Waals surface area contributed by atoms with Crippen molar-refractivity contribution in [1.29, 1.82) is 0 Å². The van der Waals surface area contributed by atoms with Crippen molar-refractivity contribution in [3.63, 3.8) is 0 Å². The van der Waals surface area contributed by atoms with Crippen LogP contribution in [0.15, 0.2) is 76.7 Å². The lowest BCUT2D eigenvalue weighted by Crippen LogP contribution is -2.40. The van der Waals surface area contributed by atoms with Gasteiger partial charge in [0.05, 0.1) is 16.8 Å². The van der Waals surface area contributed by atoms with Crippen LogP contribution >= 0.6 is 11.6 Å². The molecule has 0 atom stereocenters. The molecule has 3 rings (SSSR count). The lowest BCUT2D eigenvalue weighted by atomic mass is 10.2. The maximum absolute atomic E-state index is 13.4. The Balaban J connectivity index is 1.88. The smallest absolute Gasteiger partial charge is 0.264 e. The fourth-order valence-corrected chi connectivity index (χ4v) is 4.84. The molecule has 0 bridgehead atoms. The fourth-order valence-electron chi connectivity index (χ4n) is 3.13. The van der Waals surface area contributed by atoms with Crippen LogP contribution in [0.4, 0.5) is 5.69 Å². The van der Waals surface area contributed by atoms with Crippen LogP contribution in [-0.4, -0.2) is 27.1 Å². The summed E-state index contributed by atoms with van der Waals surface area (Å²) in [5.74, 6) is -0.570. The molecule has 0 aliphatic rings. The second-order valence-electron chi connectivity index (χ2n) is 7.46. The molecule has 0 fully saturated rings. The molecule has 0 aromatic heterocycles. The monoisotopic (exact) mass is 469 g/mol. The lowest BCUT2D eigenvalue weighted by molar-refractivity contribution is -0.119. The average Bonchev–Trinajstić information content (AvgIpc) is 2.73. The maximum atomic E-state index is 13.4. The molecule has 3 aromatic carbocycles. The number of halogens is 1. The van der Waals surface area contributed by atoms with Crippen molar-refractivity contribution in [2.24, 2.45) is 5.10 Å². The molecular weight excluding hydrogens is 446 g/mol. The number of nitrogens with zero attached hydrogens (tertiary/aromatic N) is 2. The Kier molecular flexibility index (Phi) is 7.33. The quantitative estimate of drug-likeness (QED) is 0.405. The molecule has 0 saturated heterocycles. The number of rotatable bonds is 7. The van der Waals surface area contributed by atoms with E-state index < -0.39 is 22.5 Å². The molecule has 0 heterocycles. The number of sulfonamides is 1. The van der Waals surface area contributed by atoms with Crippen LogP contribution < -0.4 is 9.73 Å². The summed E-state index contributed by atoms with van der Waals surface area (Å²) in [7, 11) is -4.01. The highest BCUT2D eigenvalue weighted by atomic mass is 35.5. The van der Waals surface area contributed by atoms with Crippen molar-refractivity contribution in [2.75, 3.05) is 10.8 Å². The molecule has 6 nitrogen and oxygen atoms in total. The van der Waals surface area contributed by atoms with Gasteiger partial charge >= 0.3 is 0 Å². The second-order valence-corrected chi connectivity index (χ2v) is 9.76. The number of carbonyl (C=O) groups is 1. The molecule has 3 aromatic rings. The number of anilines is 1. The highest BCUT2D eigenvalue weighted by molar-refractivity contribution is 7.92. The van der Waals surface area contributed by atoms with Crippen molar-refractivity contribution < 1.29 is 13.2 Å². The zero-order chi connectivity index (χ0) is 23.3. The number of nitrogens with one attached hydrogen (secondary N) is 1. The van der Waals surface area contributed by atoms with Crippen LogP contribution in [0.25, 0.3) is 0 Å². The number of hydrogen-bond acceptors (Lipinski definition) is 4. The van der Waals surface area contributed by atoms with E-state index in [-0.39, 0.29) is 4.90 Å². The van der Waals surface area contributed by atoms with Crippen LogP contribution in [0.1, 0.15) is 22.3 Å². The normalized spacial score (nSPS) is 11.5. The van der Waals surface area contributed by atoms with Gasteiger partial charge in [-0.2, -0.15) is 5.10 Å². The van der Waals surface area contributed by atoms with Gasteiger partial charge in [-0.1, -0.05) is 59.1 Å². The molecule has 8 heteroatoms. The number of hydrazone groups is 1. The SMILES string of the molecule is Cc1ccc(S(=O)(=O)N(CC(=O)N/N=C\c2cccc(C)c2)c2ccc(Cl)cc2C)cc1.